The summed E-state index contributed by atoms with van der Waals surface area (Å²) in [6, 6.07) is 14.2. The molecule has 0 N–H and O–H groups in total. The van der Waals surface area contributed by atoms with Gasteiger partial charge >= 0.3 is 0 Å². The van der Waals surface area contributed by atoms with Gasteiger partial charge in [-0.25, -0.2) is 9.37 Å². The molecule has 0 saturated carbocycles. The Morgan fingerprint density at radius 1 is 0.920 bits per heavy atom. The fourth-order valence-electron chi connectivity index (χ4n) is 3.08. The molecule has 1 aliphatic rings. The minimum atomic E-state index is -0.234. The molecule has 1 fully saturated rings. The molecule has 2 heterocycles. The molecule has 1 aromatic heterocycles. The quantitative estimate of drug-likeness (QED) is 0.722. The van der Waals surface area contributed by atoms with Crippen LogP contribution in [0.3, 0.4) is 0 Å². The van der Waals surface area contributed by atoms with Crippen LogP contribution in [-0.4, -0.2) is 47.0 Å². The number of hydrogen-bond acceptors (Lipinski definition) is 4. The van der Waals surface area contributed by atoms with Crippen LogP contribution in [0.25, 0.3) is 11.0 Å². The molecule has 0 radical (unpaired) electrons. The van der Waals surface area contributed by atoms with Gasteiger partial charge in [0.15, 0.2) is 0 Å². The number of hydrogen-bond donors (Lipinski definition) is 0. The van der Waals surface area contributed by atoms with Crippen molar-refractivity contribution in [3.8, 4) is 0 Å². The van der Waals surface area contributed by atoms with E-state index in [-0.39, 0.29) is 11.7 Å². The molecule has 1 amide bonds. The zero-order valence-electron chi connectivity index (χ0n) is 13.6. The number of aromatic nitrogens is 2. The molecule has 0 unspecified atom stereocenters. The molecule has 0 bridgehead atoms. The molecule has 4 rings (SSSR count). The second-order valence-corrected chi connectivity index (χ2v) is 5.97. The number of piperazine rings is 1. The molecular formula is C19H17FN4O. The van der Waals surface area contributed by atoms with E-state index in [1.54, 1.807) is 17.0 Å². The number of nitrogens with zero attached hydrogens (tertiary/aromatic N) is 4. The largest absolute Gasteiger partial charge is 0.366 e. The number of carbonyl (C=O) groups excluding carboxylic acids is 1. The molecule has 0 spiro atoms. The molecule has 25 heavy (non-hydrogen) atoms. The van der Waals surface area contributed by atoms with Gasteiger partial charge in [0.25, 0.3) is 5.91 Å². The fourth-order valence-corrected chi connectivity index (χ4v) is 3.08. The highest BCUT2D eigenvalue weighted by atomic mass is 19.1. The highest BCUT2D eigenvalue weighted by Gasteiger charge is 2.24. The second-order valence-electron chi connectivity index (χ2n) is 5.97. The van der Waals surface area contributed by atoms with Gasteiger partial charge < -0.3 is 9.80 Å². The van der Waals surface area contributed by atoms with E-state index < -0.39 is 0 Å². The summed E-state index contributed by atoms with van der Waals surface area (Å²) in [6.45, 7) is 2.24. The Labute approximate surface area is 144 Å². The van der Waals surface area contributed by atoms with Crippen LogP contribution < -0.4 is 4.90 Å². The monoisotopic (exact) mass is 336 g/mol. The van der Waals surface area contributed by atoms with Crippen molar-refractivity contribution < 1.29 is 9.18 Å². The van der Waals surface area contributed by atoms with Gasteiger partial charge in [0.1, 0.15) is 11.5 Å². The van der Waals surface area contributed by atoms with Crippen LogP contribution in [0, 0.1) is 5.82 Å². The molecular weight excluding hydrogens is 319 g/mol. The average molecular weight is 336 g/mol. The number of fused-ring (bicyclic) bond motifs is 1. The number of benzene rings is 2. The SMILES string of the molecule is O=C(c1cnc2ccccc2n1)N1CCN(c2ccccc2F)CC1. The predicted octanol–water partition coefficient (Wildman–Crippen LogP) is 2.73. The van der Waals surface area contributed by atoms with Crippen LogP contribution >= 0.6 is 0 Å². The predicted molar refractivity (Wildman–Crippen MR) is 94.1 cm³/mol. The third-order valence-corrected chi connectivity index (χ3v) is 4.43. The van der Waals surface area contributed by atoms with E-state index in [2.05, 4.69) is 9.97 Å². The maximum atomic E-state index is 13.9. The molecule has 5 nitrogen and oxygen atoms in total. The summed E-state index contributed by atoms with van der Waals surface area (Å²) >= 11 is 0. The van der Waals surface area contributed by atoms with Gasteiger partial charge in [0.05, 0.1) is 22.9 Å². The van der Waals surface area contributed by atoms with Crippen LogP contribution in [0.15, 0.2) is 54.7 Å². The summed E-state index contributed by atoms with van der Waals surface area (Å²) < 4.78 is 13.9. The lowest BCUT2D eigenvalue weighted by molar-refractivity contribution is 0.0740. The molecule has 1 saturated heterocycles. The minimum Gasteiger partial charge on any atom is -0.366 e. The van der Waals surface area contributed by atoms with E-state index in [9.17, 15) is 9.18 Å². The number of anilines is 1. The molecule has 1 aliphatic heterocycles. The molecule has 2 aromatic carbocycles. The maximum Gasteiger partial charge on any atom is 0.274 e. The van der Waals surface area contributed by atoms with Crippen molar-refractivity contribution in [1.29, 1.82) is 0 Å². The first-order chi connectivity index (χ1) is 12.2. The highest BCUT2D eigenvalue weighted by molar-refractivity contribution is 5.94. The van der Waals surface area contributed by atoms with Crippen LogP contribution in [-0.2, 0) is 0 Å². The van der Waals surface area contributed by atoms with Gasteiger partial charge in [-0.1, -0.05) is 24.3 Å². The fraction of sp³-hybridized carbons (Fsp3) is 0.211. The van der Waals surface area contributed by atoms with Gasteiger partial charge in [0.2, 0.25) is 0 Å². The minimum absolute atomic E-state index is 0.133. The van der Waals surface area contributed by atoms with Crippen molar-refractivity contribution in [3.05, 3.63) is 66.2 Å². The van der Waals surface area contributed by atoms with E-state index in [1.165, 1.54) is 12.3 Å². The zero-order valence-corrected chi connectivity index (χ0v) is 13.6. The third-order valence-electron chi connectivity index (χ3n) is 4.43. The lowest BCUT2D eigenvalue weighted by atomic mass is 10.2. The van der Waals surface area contributed by atoms with Gasteiger partial charge in [-0.3, -0.25) is 9.78 Å². The Morgan fingerprint density at radius 2 is 1.60 bits per heavy atom. The number of amides is 1. The highest BCUT2D eigenvalue weighted by Crippen LogP contribution is 2.20. The number of carbonyl (C=O) groups is 1. The van der Waals surface area contributed by atoms with E-state index in [4.69, 9.17) is 0 Å². The normalized spacial score (nSPS) is 14.8. The maximum absolute atomic E-state index is 13.9. The Morgan fingerprint density at radius 3 is 2.36 bits per heavy atom. The van der Waals surface area contributed by atoms with Crippen molar-refractivity contribution in [1.82, 2.24) is 14.9 Å². The lowest BCUT2D eigenvalue weighted by Crippen LogP contribution is -2.49. The molecule has 0 aliphatic carbocycles. The lowest BCUT2D eigenvalue weighted by Gasteiger charge is -2.36. The zero-order chi connectivity index (χ0) is 17.2. The first kappa shape index (κ1) is 15.5. The summed E-state index contributed by atoms with van der Waals surface area (Å²) in [5, 5.41) is 0. The van der Waals surface area contributed by atoms with Crippen LogP contribution in [0.4, 0.5) is 10.1 Å². The standard InChI is InChI=1S/C19H17FN4O/c20-14-5-1-4-8-18(14)23-9-11-24(12-10-23)19(25)17-13-21-15-6-2-3-7-16(15)22-17/h1-8,13H,9-12H2. The molecule has 3 aromatic rings. The number of rotatable bonds is 2. The van der Waals surface area contributed by atoms with Crippen molar-refractivity contribution in [2.45, 2.75) is 0 Å². The third kappa shape index (κ3) is 3.03. The Kier molecular flexibility index (Phi) is 4.01. The van der Waals surface area contributed by atoms with Gasteiger partial charge in [-0.15, -0.1) is 0 Å². The molecule has 126 valence electrons. The van der Waals surface area contributed by atoms with E-state index >= 15 is 0 Å². The average Bonchev–Trinajstić information content (AvgIpc) is 2.67. The first-order valence-corrected chi connectivity index (χ1v) is 8.23. The summed E-state index contributed by atoms with van der Waals surface area (Å²) in [5.74, 6) is -0.367. The van der Waals surface area contributed by atoms with Crippen molar-refractivity contribution in [3.63, 3.8) is 0 Å². The van der Waals surface area contributed by atoms with E-state index in [1.807, 2.05) is 35.2 Å². The van der Waals surface area contributed by atoms with Crippen molar-refractivity contribution in [2.75, 3.05) is 31.1 Å². The molecule has 0 atom stereocenters. The second kappa shape index (κ2) is 6.47. The van der Waals surface area contributed by atoms with E-state index in [0.29, 0.717) is 43.1 Å². The summed E-state index contributed by atoms with van der Waals surface area (Å²) in [5.41, 5.74) is 2.40. The summed E-state index contributed by atoms with van der Waals surface area (Å²) in [4.78, 5) is 25.1. The smallest absolute Gasteiger partial charge is 0.274 e. The van der Waals surface area contributed by atoms with E-state index in [0.717, 1.165) is 5.52 Å². The van der Waals surface area contributed by atoms with Crippen LogP contribution in [0.2, 0.25) is 0 Å². The van der Waals surface area contributed by atoms with Crippen LogP contribution in [0.1, 0.15) is 10.5 Å². The van der Waals surface area contributed by atoms with Gasteiger partial charge in [0, 0.05) is 26.2 Å². The van der Waals surface area contributed by atoms with Crippen molar-refractivity contribution in [2.24, 2.45) is 0 Å². The summed E-state index contributed by atoms with van der Waals surface area (Å²) in [7, 11) is 0. The van der Waals surface area contributed by atoms with Gasteiger partial charge in [-0.05, 0) is 24.3 Å². The molecule has 6 heteroatoms. The first-order valence-electron chi connectivity index (χ1n) is 8.23. The number of halogens is 1. The van der Waals surface area contributed by atoms with Crippen molar-refractivity contribution >= 4 is 22.6 Å². The Bertz CT molecular complexity index is 922. The topological polar surface area (TPSA) is 49.3 Å². The Hall–Kier alpha value is -3.02. The van der Waals surface area contributed by atoms with Gasteiger partial charge in [-0.2, -0.15) is 0 Å². The Balaban J connectivity index is 1.48. The van der Waals surface area contributed by atoms with Crippen LogP contribution in [0.5, 0.6) is 0 Å². The summed E-state index contributed by atoms with van der Waals surface area (Å²) in [6.07, 6.45) is 1.52. The number of para-hydroxylation sites is 3.